The quantitative estimate of drug-likeness (QED) is 0.591. The first kappa shape index (κ1) is 19.3. The van der Waals surface area contributed by atoms with Crippen LogP contribution in [0.3, 0.4) is 0 Å². The second-order valence-electron chi connectivity index (χ2n) is 7.06. The van der Waals surface area contributed by atoms with Gasteiger partial charge in [0.05, 0.1) is 19.4 Å². The zero-order valence-corrected chi connectivity index (χ0v) is 16.9. The molecule has 4 rings (SSSR count). The molecule has 29 heavy (non-hydrogen) atoms. The minimum atomic E-state index is -0.397. The highest BCUT2D eigenvalue weighted by Gasteiger charge is 2.25. The Balaban J connectivity index is 1.51. The summed E-state index contributed by atoms with van der Waals surface area (Å²) in [6.45, 7) is 6.35. The van der Waals surface area contributed by atoms with Crippen molar-refractivity contribution < 1.29 is 18.7 Å². The van der Waals surface area contributed by atoms with Crippen molar-refractivity contribution in [2.45, 2.75) is 13.5 Å². The Labute approximate surface area is 170 Å². The molecule has 6 nitrogen and oxygen atoms in total. The Morgan fingerprint density at radius 1 is 1.03 bits per heavy atom. The van der Waals surface area contributed by atoms with Gasteiger partial charge in [0.25, 0.3) is 0 Å². The number of esters is 1. The number of carbonyl (C=O) groups is 1. The summed E-state index contributed by atoms with van der Waals surface area (Å²) in [5.74, 6) is 0.818. The number of hydrogen-bond donors (Lipinski definition) is 0. The SMILES string of the molecule is CCOC(=O)c1oc2ccccc2c1CN1CCN(c2ccccc2OC)CC1. The number of hydrogen-bond acceptors (Lipinski definition) is 6. The predicted molar refractivity (Wildman–Crippen MR) is 113 cm³/mol. The van der Waals surface area contributed by atoms with E-state index in [0.717, 1.165) is 54.1 Å². The van der Waals surface area contributed by atoms with E-state index >= 15 is 0 Å². The molecule has 152 valence electrons. The summed E-state index contributed by atoms with van der Waals surface area (Å²) < 4.78 is 16.6. The number of para-hydroxylation sites is 3. The molecule has 1 aromatic heterocycles. The molecule has 0 radical (unpaired) electrons. The van der Waals surface area contributed by atoms with Crippen molar-refractivity contribution in [2.75, 3.05) is 44.8 Å². The van der Waals surface area contributed by atoms with E-state index in [-0.39, 0.29) is 0 Å². The first-order valence-electron chi connectivity index (χ1n) is 9.99. The highest BCUT2D eigenvalue weighted by atomic mass is 16.5. The van der Waals surface area contributed by atoms with E-state index in [1.54, 1.807) is 14.0 Å². The lowest BCUT2D eigenvalue weighted by atomic mass is 10.1. The number of furan rings is 1. The summed E-state index contributed by atoms with van der Waals surface area (Å²) in [5.41, 5.74) is 2.75. The maximum Gasteiger partial charge on any atom is 0.374 e. The molecule has 1 aliphatic rings. The highest BCUT2D eigenvalue weighted by molar-refractivity contribution is 5.96. The van der Waals surface area contributed by atoms with Crippen LogP contribution in [0, 0.1) is 0 Å². The molecule has 0 bridgehead atoms. The van der Waals surface area contributed by atoms with Crippen LogP contribution in [-0.2, 0) is 11.3 Å². The van der Waals surface area contributed by atoms with E-state index in [0.29, 0.717) is 18.9 Å². The summed E-state index contributed by atoms with van der Waals surface area (Å²) in [6, 6.07) is 15.9. The smallest absolute Gasteiger partial charge is 0.374 e. The van der Waals surface area contributed by atoms with Crippen LogP contribution in [-0.4, -0.2) is 50.8 Å². The van der Waals surface area contributed by atoms with Gasteiger partial charge >= 0.3 is 5.97 Å². The Bertz CT molecular complexity index is 989. The molecule has 0 amide bonds. The van der Waals surface area contributed by atoms with Crippen molar-refractivity contribution in [3.63, 3.8) is 0 Å². The van der Waals surface area contributed by atoms with Crippen LogP contribution in [0.2, 0.25) is 0 Å². The van der Waals surface area contributed by atoms with Crippen LogP contribution in [0.5, 0.6) is 5.75 Å². The molecule has 1 aliphatic heterocycles. The number of piperazine rings is 1. The molecule has 3 aromatic rings. The lowest BCUT2D eigenvalue weighted by Gasteiger charge is -2.36. The first-order chi connectivity index (χ1) is 14.2. The maximum absolute atomic E-state index is 12.4. The summed E-state index contributed by atoms with van der Waals surface area (Å²) in [5, 5.41) is 0.975. The fourth-order valence-electron chi connectivity index (χ4n) is 3.88. The number of fused-ring (bicyclic) bond motifs is 1. The number of ether oxygens (including phenoxy) is 2. The van der Waals surface area contributed by atoms with Crippen LogP contribution in [0.15, 0.2) is 52.9 Å². The Hall–Kier alpha value is -2.99. The van der Waals surface area contributed by atoms with Gasteiger partial charge in [0.2, 0.25) is 5.76 Å². The van der Waals surface area contributed by atoms with Crippen molar-refractivity contribution in [3.05, 3.63) is 59.9 Å². The summed E-state index contributed by atoms with van der Waals surface area (Å²) in [7, 11) is 1.70. The predicted octanol–water partition coefficient (Wildman–Crippen LogP) is 3.94. The van der Waals surface area contributed by atoms with Crippen molar-refractivity contribution in [2.24, 2.45) is 0 Å². The van der Waals surface area contributed by atoms with Gasteiger partial charge in [0.15, 0.2) is 0 Å². The Morgan fingerprint density at radius 3 is 2.52 bits per heavy atom. The standard InChI is InChI=1S/C23H26N2O4/c1-3-28-23(26)22-18(17-8-4-6-10-20(17)29-22)16-24-12-14-25(15-13-24)19-9-5-7-11-21(19)27-2/h4-11H,3,12-16H2,1-2H3. The number of rotatable bonds is 6. The van der Waals surface area contributed by atoms with Gasteiger partial charge in [-0.25, -0.2) is 4.79 Å². The number of anilines is 1. The summed E-state index contributed by atoms with van der Waals surface area (Å²) in [6.07, 6.45) is 0. The lowest BCUT2D eigenvalue weighted by Crippen LogP contribution is -2.46. The monoisotopic (exact) mass is 394 g/mol. The third-order valence-corrected chi connectivity index (χ3v) is 5.34. The second-order valence-corrected chi connectivity index (χ2v) is 7.06. The molecule has 0 aliphatic carbocycles. The lowest BCUT2D eigenvalue weighted by molar-refractivity contribution is 0.0489. The van der Waals surface area contributed by atoms with E-state index in [1.165, 1.54) is 0 Å². The van der Waals surface area contributed by atoms with Gasteiger partial charge in [0.1, 0.15) is 11.3 Å². The molecule has 6 heteroatoms. The number of methoxy groups -OCH3 is 1. The van der Waals surface area contributed by atoms with Gasteiger partial charge in [-0.3, -0.25) is 4.90 Å². The van der Waals surface area contributed by atoms with E-state index < -0.39 is 5.97 Å². The molecule has 0 N–H and O–H groups in total. The summed E-state index contributed by atoms with van der Waals surface area (Å²) in [4.78, 5) is 17.1. The maximum atomic E-state index is 12.4. The van der Waals surface area contributed by atoms with Crippen molar-refractivity contribution in [1.29, 1.82) is 0 Å². The molecule has 2 aromatic carbocycles. The molecular weight excluding hydrogens is 368 g/mol. The third-order valence-electron chi connectivity index (χ3n) is 5.34. The Morgan fingerprint density at radius 2 is 1.76 bits per heavy atom. The van der Waals surface area contributed by atoms with E-state index in [4.69, 9.17) is 13.9 Å². The van der Waals surface area contributed by atoms with Gasteiger partial charge in [-0.05, 0) is 25.1 Å². The zero-order valence-electron chi connectivity index (χ0n) is 16.9. The van der Waals surface area contributed by atoms with Gasteiger partial charge in [-0.1, -0.05) is 30.3 Å². The van der Waals surface area contributed by atoms with Crippen molar-refractivity contribution in [3.8, 4) is 5.75 Å². The van der Waals surface area contributed by atoms with Crippen LogP contribution in [0.1, 0.15) is 23.0 Å². The van der Waals surface area contributed by atoms with Crippen LogP contribution >= 0.6 is 0 Å². The van der Waals surface area contributed by atoms with E-state index in [2.05, 4.69) is 15.9 Å². The van der Waals surface area contributed by atoms with Crippen LogP contribution < -0.4 is 9.64 Å². The van der Waals surface area contributed by atoms with Crippen molar-refractivity contribution >= 4 is 22.6 Å². The fourth-order valence-corrected chi connectivity index (χ4v) is 3.88. The Kier molecular flexibility index (Phi) is 5.71. The number of benzene rings is 2. The molecule has 0 unspecified atom stereocenters. The molecule has 2 heterocycles. The molecule has 0 saturated carbocycles. The number of carbonyl (C=O) groups excluding carboxylic acids is 1. The average Bonchev–Trinajstić information content (AvgIpc) is 3.13. The van der Waals surface area contributed by atoms with Crippen LogP contribution in [0.4, 0.5) is 5.69 Å². The van der Waals surface area contributed by atoms with Gasteiger partial charge in [-0.2, -0.15) is 0 Å². The molecule has 0 atom stereocenters. The fraction of sp³-hybridized carbons (Fsp3) is 0.348. The van der Waals surface area contributed by atoms with Gasteiger partial charge in [0, 0.05) is 43.7 Å². The minimum absolute atomic E-state index is 0.320. The second kappa shape index (κ2) is 8.57. The van der Waals surface area contributed by atoms with E-state index in [9.17, 15) is 4.79 Å². The third kappa shape index (κ3) is 3.93. The van der Waals surface area contributed by atoms with Crippen LogP contribution in [0.25, 0.3) is 11.0 Å². The topological polar surface area (TPSA) is 55.2 Å². The molecule has 1 saturated heterocycles. The largest absolute Gasteiger partial charge is 0.495 e. The average molecular weight is 394 g/mol. The van der Waals surface area contributed by atoms with E-state index in [1.807, 2.05) is 42.5 Å². The normalized spacial score (nSPS) is 14.9. The summed E-state index contributed by atoms with van der Waals surface area (Å²) >= 11 is 0. The highest BCUT2D eigenvalue weighted by Crippen LogP contribution is 2.30. The first-order valence-corrected chi connectivity index (χ1v) is 9.99. The van der Waals surface area contributed by atoms with Gasteiger partial charge < -0.3 is 18.8 Å². The molecular formula is C23H26N2O4. The zero-order chi connectivity index (χ0) is 20.2. The molecule has 0 spiro atoms. The minimum Gasteiger partial charge on any atom is -0.495 e. The number of nitrogens with zero attached hydrogens (tertiary/aromatic N) is 2. The van der Waals surface area contributed by atoms with Crippen molar-refractivity contribution in [1.82, 2.24) is 4.90 Å². The molecule has 1 fully saturated rings. The van der Waals surface area contributed by atoms with Gasteiger partial charge in [-0.15, -0.1) is 0 Å².